The summed E-state index contributed by atoms with van der Waals surface area (Å²) in [5.74, 6) is 1.27. The van der Waals surface area contributed by atoms with Gasteiger partial charge >= 0.3 is 6.01 Å². The Kier molecular flexibility index (Phi) is 4.80. The van der Waals surface area contributed by atoms with Gasteiger partial charge in [0.1, 0.15) is 0 Å². The monoisotopic (exact) mass is 284 g/mol. The van der Waals surface area contributed by atoms with Crippen LogP contribution in [-0.2, 0) is 0 Å². The molecule has 0 radical (unpaired) electrons. The zero-order valence-corrected chi connectivity index (χ0v) is 12.5. The minimum absolute atomic E-state index is 0.196. The lowest BCUT2D eigenvalue weighted by atomic mass is 9.95. The fraction of sp³-hybridized carbons (Fsp3) is 0.769. The van der Waals surface area contributed by atoms with Crippen molar-refractivity contribution in [2.45, 2.75) is 46.1 Å². The maximum Gasteiger partial charge on any atom is 0.322 e. The van der Waals surface area contributed by atoms with Gasteiger partial charge in [-0.25, -0.2) is 0 Å². The maximum atomic E-state index is 5.96. The van der Waals surface area contributed by atoms with Crippen molar-refractivity contribution in [2.24, 2.45) is 5.92 Å². The highest BCUT2D eigenvalue weighted by atomic mass is 35.5. The molecule has 6 heteroatoms. The van der Waals surface area contributed by atoms with E-state index in [2.05, 4.69) is 33.7 Å². The second kappa shape index (κ2) is 6.37. The Morgan fingerprint density at radius 3 is 2.79 bits per heavy atom. The van der Waals surface area contributed by atoms with Crippen LogP contribution in [0.25, 0.3) is 0 Å². The molecule has 1 aromatic rings. The molecule has 2 atom stereocenters. The number of anilines is 1. The Bertz CT molecular complexity index is 429. The van der Waals surface area contributed by atoms with E-state index in [0.29, 0.717) is 30.5 Å². The smallest absolute Gasteiger partial charge is 0.322 e. The van der Waals surface area contributed by atoms with Gasteiger partial charge in [-0.15, -0.1) is 0 Å². The molecule has 2 heterocycles. The van der Waals surface area contributed by atoms with Gasteiger partial charge in [-0.2, -0.15) is 15.0 Å². The Labute approximate surface area is 119 Å². The maximum absolute atomic E-state index is 5.96. The summed E-state index contributed by atoms with van der Waals surface area (Å²) in [7, 11) is 0. The van der Waals surface area contributed by atoms with E-state index in [4.69, 9.17) is 16.3 Å². The molecule has 5 nitrogen and oxygen atoms in total. The predicted molar refractivity (Wildman–Crippen MR) is 75.8 cm³/mol. The van der Waals surface area contributed by atoms with Crippen LogP contribution in [0.1, 0.15) is 40.0 Å². The number of hydrogen-bond donors (Lipinski definition) is 0. The largest absolute Gasteiger partial charge is 0.463 e. The van der Waals surface area contributed by atoms with Crippen molar-refractivity contribution in [1.29, 1.82) is 0 Å². The molecule has 0 aliphatic carbocycles. The summed E-state index contributed by atoms with van der Waals surface area (Å²) in [6, 6.07) is 0.746. The third kappa shape index (κ3) is 3.69. The zero-order chi connectivity index (χ0) is 13.8. The minimum Gasteiger partial charge on any atom is -0.463 e. The van der Waals surface area contributed by atoms with Crippen molar-refractivity contribution in [2.75, 3.05) is 18.1 Å². The molecule has 19 heavy (non-hydrogen) atoms. The number of hydrogen-bond acceptors (Lipinski definition) is 5. The summed E-state index contributed by atoms with van der Waals surface area (Å²) in [4.78, 5) is 14.8. The number of piperidine rings is 1. The first kappa shape index (κ1) is 14.3. The average molecular weight is 285 g/mol. The lowest BCUT2D eigenvalue weighted by Gasteiger charge is -2.36. The summed E-state index contributed by atoms with van der Waals surface area (Å²) in [5, 5.41) is 0.196. The third-order valence-electron chi connectivity index (χ3n) is 3.39. The molecule has 1 aliphatic rings. The number of ether oxygens (including phenoxy) is 1. The normalized spacial score (nSPS) is 23.5. The van der Waals surface area contributed by atoms with E-state index in [1.165, 1.54) is 6.42 Å². The van der Waals surface area contributed by atoms with Gasteiger partial charge in [0.05, 0.1) is 6.61 Å². The molecule has 2 unspecified atom stereocenters. The summed E-state index contributed by atoms with van der Waals surface area (Å²) >= 11 is 5.96. The molecule has 0 amide bonds. The lowest BCUT2D eigenvalue weighted by Crippen LogP contribution is -2.42. The van der Waals surface area contributed by atoms with E-state index in [0.717, 1.165) is 19.4 Å². The van der Waals surface area contributed by atoms with Crippen LogP contribution >= 0.6 is 11.6 Å². The van der Waals surface area contributed by atoms with Crippen molar-refractivity contribution in [3.63, 3.8) is 0 Å². The van der Waals surface area contributed by atoms with Crippen molar-refractivity contribution in [3.05, 3.63) is 5.28 Å². The van der Waals surface area contributed by atoms with Gasteiger partial charge in [0.2, 0.25) is 11.2 Å². The summed E-state index contributed by atoms with van der Waals surface area (Å²) in [6.45, 7) is 8.02. The first-order valence-electron chi connectivity index (χ1n) is 6.91. The Hall–Kier alpha value is -1.10. The molecular weight excluding hydrogens is 264 g/mol. The van der Waals surface area contributed by atoms with Crippen LogP contribution in [0.2, 0.25) is 5.28 Å². The van der Waals surface area contributed by atoms with Crippen LogP contribution < -0.4 is 9.64 Å². The standard InChI is InChI=1S/C13H21ClN4O/c1-4-7-19-13-16-11(14)15-12(17-13)18-8-9(2)5-6-10(18)3/h9-10H,4-8H2,1-3H3. The van der Waals surface area contributed by atoms with Crippen molar-refractivity contribution in [1.82, 2.24) is 15.0 Å². The molecule has 1 aromatic heterocycles. The fourth-order valence-corrected chi connectivity index (χ4v) is 2.42. The Morgan fingerprint density at radius 1 is 1.26 bits per heavy atom. The SMILES string of the molecule is CCCOc1nc(Cl)nc(N2CC(C)CCC2C)n1. The number of rotatable bonds is 4. The van der Waals surface area contributed by atoms with Crippen molar-refractivity contribution < 1.29 is 4.74 Å². The molecule has 1 aliphatic heterocycles. The topological polar surface area (TPSA) is 51.1 Å². The highest BCUT2D eigenvalue weighted by Crippen LogP contribution is 2.26. The van der Waals surface area contributed by atoms with E-state index in [9.17, 15) is 0 Å². The van der Waals surface area contributed by atoms with Gasteiger partial charge < -0.3 is 9.64 Å². The first-order valence-corrected chi connectivity index (χ1v) is 7.29. The molecule has 1 fully saturated rings. The molecule has 1 saturated heterocycles. The molecule has 106 valence electrons. The van der Waals surface area contributed by atoms with Crippen LogP contribution in [0.3, 0.4) is 0 Å². The van der Waals surface area contributed by atoms with Crippen LogP contribution in [0.5, 0.6) is 6.01 Å². The van der Waals surface area contributed by atoms with E-state index >= 15 is 0 Å². The Balaban J connectivity index is 2.20. The molecule has 2 rings (SSSR count). The van der Waals surface area contributed by atoms with Gasteiger partial charge in [-0.3, -0.25) is 0 Å². The third-order valence-corrected chi connectivity index (χ3v) is 3.55. The van der Waals surface area contributed by atoms with Gasteiger partial charge in [-0.1, -0.05) is 13.8 Å². The molecule has 0 N–H and O–H groups in total. The second-order valence-electron chi connectivity index (χ2n) is 5.22. The number of aromatic nitrogens is 3. The summed E-state index contributed by atoms with van der Waals surface area (Å²) < 4.78 is 5.46. The number of halogens is 1. The zero-order valence-electron chi connectivity index (χ0n) is 11.8. The van der Waals surface area contributed by atoms with Crippen LogP contribution in [0.4, 0.5) is 5.95 Å². The minimum atomic E-state index is 0.196. The molecule has 0 aromatic carbocycles. The van der Waals surface area contributed by atoms with Crippen molar-refractivity contribution >= 4 is 17.5 Å². The van der Waals surface area contributed by atoms with Crippen LogP contribution in [0.15, 0.2) is 0 Å². The predicted octanol–water partition coefficient (Wildman–Crippen LogP) is 2.94. The molecular formula is C13H21ClN4O. The summed E-state index contributed by atoms with van der Waals surface area (Å²) in [5.41, 5.74) is 0. The molecule has 0 bridgehead atoms. The van der Waals surface area contributed by atoms with E-state index in [1.807, 2.05) is 6.92 Å². The van der Waals surface area contributed by atoms with Gasteiger partial charge in [-0.05, 0) is 43.7 Å². The van der Waals surface area contributed by atoms with Gasteiger partial charge in [0.15, 0.2) is 0 Å². The van der Waals surface area contributed by atoms with E-state index < -0.39 is 0 Å². The molecule has 0 spiro atoms. The number of nitrogens with zero attached hydrogens (tertiary/aromatic N) is 4. The Morgan fingerprint density at radius 2 is 2.05 bits per heavy atom. The fourth-order valence-electron chi connectivity index (χ4n) is 2.28. The van der Waals surface area contributed by atoms with Crippen LogP contribution in [-0.4, -0.2) is 34.1 Å². The average Bonchev–Trinajstić information content (AvgIpc) is 2.38. The quantitative estimate of drug-likeness (QED) is 0.851. The molecule has 0 saturated carbocycles. The highest BCUT2D eigenvalue weighted by molar-refractivity contribution is 6.28. The van der Waals surface area contributed by atoms with Gasteiger partial charge in [0.25, 0.3) is 0 Å². The van der Waals surface area contributed by atoms with E-state index in [1.54, 1.807) is 0 Å². The highest BCUT2D eigenvalue weighted by Gasteiger charge is 2.25. The second-order valence-corrected chi connectivity index (χ2v) is 5.56. The van der Waals surface area contributed by atoms with Gasteiger partial charge in [0, 0.05) is 12.6 Å². The van der Waals surface area contributed by atoms with Crippen molar-refractivity contribution in [3.8, 4) is 6.01 Å². The summed E-state index contributed by atoms with van der Waals surface area (Å²) in [6.07, 6.45) is 3.31. The first-order chi connectivity index (χ1) is 9.10. The lowest BCUT2D eigenvalue weighted by molar-refractivity contribution is 0.290. The van der Waals surface area contributed by atoms with E-state index in [-0.39, 0.29) is 5.28 Å². The van der Waals surface area contributed by atoms with Crippen LogP contribution in [0, 0.1) is 5.92 Å².